The number of hydrogen-bond acceptors (Lipinski definition) is 1. The highest BCUT2D eigenvalue weighted by molar-refractivity contribution is 5.81. The quantitative estimate of drug-likeness (QED) is 0.429. The zero-order chi connectivity index (χ0) is 24.7. The van der Waals surface area contributed by atoms with Crippen molar-refractivity contribution in [2.45, 2.75) is 120 Å². The van der Waals surface area contributed by atoms with Crippen LogP contribution in [0, 0.1) is 22.7 Å². The van der Waals surface area contributed by atoms with Gasteiger partial charge >= 0.3 is 0 Å². The molecule has 180 valence electrons. The lowest BCUT2D eigenvalue weighted by atomic mass is 9.66. The number of Topliss-reactive ketones (excluding diaryl/α,β-unsaturated/α-hetero) is 1. The number of hydrogen-bond donors (Lipinski definition) is 0. The Bertz CT molecular complexity index is 808. The Labute approximate surface area is 199 Å². The van der Waals surface area contributed by atoms with Gasteiger partial charge in [-0.25, -0.2) is 0 Å². The molecule has 32 heavy (non-hydrogen) atoms. The Kier molecular flexibility index (Phi) is 7.65. The molecule has 0 spiro atoms. The molecule has 0 radical (unpaired) electrons. The van der Waals surface area contributed by atoms with Crippen molar-refractivity contribution < 1.29 is 4.79 Å². The van der Waals surface area contributed by atoms with E-state index in [4.69, 9.17) is 0 Å². The number of allylic oxidation sites excluding steroid dienone is 2. The highest BCUT2D eigenvalue weighted by Gasteiger charge is 2.34. The van der Waals surface area contributed by atoms with Crippen molar-refractivity contribution in [2.75, 3.05) is 0 Å². The minimum atomic E-state index is 0.0781. The minimum absolute atomic E-state index is 0.0781. The Morgan fingerprint density at radius 3 is 1.69 bits per heavy atom. The fourth-order valence-corrected chi connectivity index (χ4v) is 4.73. The zero-order valence-electron chi connectivity index (χ0n) is 23.2. The summed E-state index contributed by atoms with van der Waals surface area (Å²) in [5, 5.41) is 0. The highest BCUT2D eigenvalue weighted by atomic mass is 16.1. The molecule has 0 N–H and O–H groups in total. The van der Waals surface area contributed by atoms with Crippen LogP contribution in [0.4, 0.5) is 0 Å². The maximum atomic E-state index is 13.3. The molecule has 2 rings (SSSR count). The average molecular weight is 439 g/mol. The summed E-state index contributed by atoms with van der Waals surface area (Å²) >= 11 is 0. The van der Waals surface area contributed by atoms with Crippen LogP contribution in [0.1, 0.15) is 119 Å². The Balaban J connectivity index is 2.24. The van der Waals surface area contributed by atoms with E-state index in [-0.39, 0.29) is 21.7 Å². The molecule has 1 heteroatoms. The molecule has 0 saturated heterocycles. The summed E-state index contributed by atoms with van der Waals surface area (Å²) in [7, 11) is 0. The van der Waals surface area contributed by atoms with Gasteiger partial charge in [0.2, 0.25) is 0 Å². The second-order valence-electron chi connectivity index (χ2n) is 14.6. The molecule has 0 heterocycles. The van der Waals surface area contributed by atoms with Crippen LogP contribution in [0.15, 0.2) is 29.8 Å². The molecular weight excluding hydrogens is 388 g/mol. The summed E-state index contributed by atoms with van der Waals surface area (Å²) in [6.45, 7) is 27.5. The molecule has 1 aliphatic carbocycles. The van der Waals surface area contributed by atoms with Gasteiger partial charge < -0.3 is 0 Å². The third-order valence-electron chi connectivity index (χ3n) is 7.22. The second-order valence-corrected chi connectivity index (χ2v) is 14.6. The van der Waals surface area contributed by atoms with Gasteiger partial charge in [0.15, 0.2) is 0 Å². The predicted molar refractivity (Wildman–Crippen MR) is 140 cm³/mol. The maximum Gasteiger partial charge on any atom is 0.137 e. The van der Waals surface area contributed by atoms with Gasteiger partial charge in [-0.2, -0.15) is 0 Å². The second kappa shape index (κ2) is 9.11. The van der Waals surface area contributed by atoms with Gasteiger partial charge in [-0.05, 0) is 63.0 Å². The molecule has 1 aromatic rings. The molecule has 0 fully saturated rings. The monoisotopic (exact) mass is 438 g/mol. The van der Waals surface area contributed by atoms with E-state index in [1.54, 1.807) is 0 Å². The van der Waals surface area contributed by atoms with Gasteiger partial charge in [0.1, 0.15) is 5.78 Å². The van der Waals surface area contributed by atoms with Crippen LogP contribution in [-0.2, 0) is 22.0 Å². The maximum absolute atomic E-state index is 13.3. The minimum Gasteiger partial charge on any atom is -0.299 e. The van der Waals surface area contributed by atoms with Crippen LogP contribution in [0.25, 0.3) is 0 Å². The fraction of sp³-hybridized carbons (Fsp3) is 0.710. The van der Waals surface area contributed by atoms with Crippen molar-refractivity contribution in [1.82, 2.24) is 0 Å². The van der Waals surface area contributed by atoms with E-state index < -0.39 is 0 Å². The van der Waals surface area contributed by atoms with Crippen LogP contribution in [0.5, 0.6) is 0 Å². The van der Waals surface area contributed by atoms with E-state index in [0.717, 1.165) is 12.8 Å². The molecule has 0 amide bonds. The van der Waals surface area contributed by atoms with Crippen molar-refractivity contribution in [2.24, 2.45) is 22.7 Å². The zero-order valence-corrected chi connectivity index (χ0v) is 23.2. The van der Waals surface area contributed by atoms with E-state index in [0.29, 0.717) is 30.5 Å². The van der Waals surface area contributed by atoms with Crippen LogP contribution in [-0.4, -0.2) is 5.78 Å². The summed E-state index contributed by atoms with van der Waals surface area (Å²) < 4.78 is 0. The van der Waals surface area contributed by atoms with E-state index in [1.165, 1.54) is 22.3 Å². The lowest BCUT2D eigenvalue weighted by Gasteiger charge is -2.39. The first-order chi connectivity index (χ1) is 14.3. The van der Waals surface area contributed by atoms with Gasteiger partial charge in [0.25, 0.3) is 0 Å². The van der Waals surface area contributed by atoms with Crippen molar-refractivity contribution in [3.63, 3.8) is 0 Å². The molecule has 2 unspecified atom stereocenters. The van der Waals surface area contributed by atoms with E-state index in [1.807, 2.05) is 0 Å². The molecule has 0 bridgehead atoms. The summed E-state index contributed by atoms with van der Waals surface area (Å²) in [6, 6.07) is 6.88. The van der Waals surface area contributed by atoms with Crippen LogP contribution in [0.2, 0.25) is 0 Å². The Morgan fingerprint density at radius 1 is 0.781 bits per heavy atom. The summed E-state index contributed by atoms with van der Waals surface area (Å²) in [5.41, 5.74) is 5.94. The SMILES string of the molecule is CC(C)(C)C1=CC(C(C)(C)C)CC(CC(=O)Cc2cc(C(C)(C)C)cc(C(C)(C)C)c2)C1. The largest absolute Gasteiger partial charge is 0.299 e. The summed E-state index contributed by atoms with van der Waals surface area (Å²) in [5.74, 6) is 1.39. The predicted octanol–water partition coefficient (Wildman–Crippen LogP) is 8.83. The first kappa shape index (κ1) is 26.9. The van der Waals surface area contributed by atoms with Crippen LogP contribution >= 0.6 is 0 Å². The van der Waals surface area contributed by atoms with E-state index >= 15 is 0 Å². The molecule has 1 aromatic carbocycles. The Hall–Kier alpha value is -1.37. The Morgan fingerprint density at radius 2 is 1.28 bits per heavy atom. The van der Waals surface area contributed by atoms with Gasteiger partial charge in [-0.1, -0.05) is 113 Å². The van der Waals surface area contributed by atoms with Crippen molar-refractivity contribution >= 4 is 5.78 Å². The third-order valence-corrected chi connectivity index (χ3v) is 7.22. The fourth-order valence-electron chi connectivity index (χ4n) is 4.73. The molecule has 1 nitrogen and oxygen atoms in total. The van der Waals surface area contributed by atoms with Crippen LogP contribution in [0.3, 0.4) is 0 Å². The first-order valence-corrected chi connectivity index (χ1v) is 12.6. The van der Waals surface area contributed by atoms with Crippen molar-refractivity contribution in [3.05, 3.63) is 46.5 Å². The van der Waals surface area contributed by atoms with Gasteiger partial charge in [0.05, 0.1) is 0 Å². The lowest BCUT2D eigenvalue weighted by molar-refractivity contribution is -0.119. The van der Waals surface area contributed by atoms with Gasteiger partial charge in [-0.15, -0.1) is 0 Å². The summed E-state index contributed by atoms with van der Waals surface area (Å²) in [6.07, 6.45) is 5.98. The summed E-state index contributed by atoms with van der Waals surface area (Å²) in [4.78, 5) is 13.3. The number of ketones is 1. The standard InChI is InChI=1S/C31H50O/c1-28(2,3)23-13-21(14-24(19-23)29(4,5)6)17-27(32)18-22-15-25(30(7,8)9)20-26(16-22)31(10,11)12/h13-14,19-20,22,25H,15-18H2,1-12H3. The molecule has 0 saturated carbocycles. The number of benzene rings is 1. The van der Waals surface area contributed by atoms with Gasteiger partial charge in [-0.3, -0.25) is 4.79 Å². The van der Waals surface area contributed by atoms with Crippen molar-refractivity contribution in [1.29, 1.82) is 0 Å². The van der Waals surface area contributed by atoms with Gasteiger partial charge in [0, 0.05) is 12.8 Å². The highest BCUT2D eigenvalue weighted by Crippen LogP contribution is 2.45. The lowest BCUT2D eigenvalue weighted by Crippen LogP contribution is -2.29. The first-order valence-electron chi connectivity index (χ1n) is 12.6. The normalized spacial score (nSPS) is 20.8. The molecule has 0 aromatic heterocycles. The smallest absolute Gasteiger partial charge is 0.137 e. The molecule has 1 aliphatic rings. The van der Waals surface area contributed by atoms with Crippen LogP contribution < -0.4 is 0 Å². The number of rotatable bonds is 4. The molecule has 0 aliphatic heterocycles. The number of carbonyl (C=O) groups excluding carboxylic acids is 1. The van der Waals surface area contributed by atoms with Crippen molar-refractivity contribution in [3.8, 4) is 0 Å². The van der Waals surface area contributed by atoms with E-state index in [9.17, 15) is 4.79 Å². The molecule has 2 atom stereocenters. The molecular formula is C31H50O. The van der Waals surface area contributed by atoms with E-state index in [2.05, 4.69) is 107 Å². The topological polar surface area (TPSA) is 17.1 Å². The number of carbonyl (C=O) groups is 1. The average Bonchev–Trinajstić information content (AvgIpc) is 2.58. The third kappa shape index (κ3) is 7.32.